The lowest BCUT2D eigenvalue weighted by atomic mass is 10.1. The van der Waals surface area contributed by atoms with Gasteiger partial charge in [0.1, 0.15) is 0 Å². The number of nitrogens with zero attached hydrogens (tertiary/aromatic N) is 2. The topological polar surface area (TPSA) is 18.5 Å². The SMILES string of the molecule is CCCNC1CCC(N2CCN(C3CC3)CC2)C1. The smallest absolute Gasteiger partial charge is 0.0113 e. The number of hydrogen-bond acceptors (Lipinski definition) is 3. The third kappa shape index (κ3) is 3.06. The molecule has 2 aliphatic carbocycles. The third-order valence-electron chi connectivity index (χ3n) is 5.02. The van der Waals surface area contributed by atoms with E-state index in [1.807, 2.05) is 0 Å². The molecule has 104 valence electrons. The Hall–Kier alpha value is -0.120. The van der Waals surface area contributed by atoms with E-state index in [0.717, 1.165) is 18.1 Å². The molecule has 1 heterocycles. The molecule has 2 unspecified atom stereocenters. The summed E-state index contributed by atoms with van der Waals surface area (Å²) in [6.45, 7) is 8.76. The van der Waals surface area contributed by atoms with Crippen molar-refractivity contribution < 1.29 is 0 Å². The molecule has 1 aliphatic heterocycles. The highest BCUT2D eigenvalue weighted by Crippen LogP contribution is 2.30. The summed E-state index contributed by atoms with van der Waals surface area (Å²) in [7, 11) is 0. The Bertz CT molecular complexity index is 256. The Labute approximate surface area is 112 Å². The van der Waals surface area contributed by atoms with Crippen LogP contribution in [-0.4, -0.2) is 60.6 Å². The number of nitrogens with one attached hydrogen (secondary N) is 1. The molecular weight excluding hydrogens is 222 g/mol. The largest absolute Gasteiger partial charge is 0.314 e. The predicted octanol–water partition coefficient (Wildman–Crippen LogP) is 1.69. The van der Waals surface area contributed by atoms with E-state index >= 15 is 0 Å². The van der Waals surface area contributed by atoms with Gasteiger partial charge in [0, 0.05) is 44.3 Å². The van der Waals surface area contributed by atoms with Crippen LogP contribution in [0.25, 0.3) is 0 Å². The summed E-state index contributed by atoms with van der Waals surface area (Å²) in [5.41, 5.74) is 0. The first-order valence-corrected chi connectivity index (χ1v) is 8.08. The fourth-order valence-corrected chi connectivity index (χ4v) is 3.73. The summed E-state index contributed by atoms with van der Waals surface area (Å²) in [4.78, 5) is 5.49. The normalized spacial score (nSPS) is 35.2. The second-order valence-corrected chi connectivity index (χ2v) is 6.42. The molecule has 2 atom stereocenters. The maximum Gasteiger partial charge on any atom is 0.0113 e. The summed E-state index contributed by atoms with van der Waals surface area (Å²) < 4.78 is 0. The Kier molecular flexibility index (Phi) is 4.22. The fraction of sp³-hybridized carbons (Fsp3) is 1.00. The van der Waals surface area contributed by atoms with Crippen LogP contribution in [0.4, 0.5) is 0 Å². The van der Waals surface area contributed by atoms with E-state index in [-0.39, 0.29) is 0 Å². The zero-order valence-electron chi connectivity index (χ0n) is 11.9. The van der Waals surface area contributed by atoms with E-state index in [1.165, 1.54) is 71.2 Å². The van der Waals surface area contributed by atoms with E-state index in [4.69, 9.17) is 0 Å². The summed E-state index contributed by atoms with van der Waals surface area (Å²) in [6.07, 6.45) is 8.40. The van der Waals surface area contributed by atoms with Crippen molar-refractivity contribution in [2.24, 2.45) is 0 Å². The molecule has 0 aromatic rings. The quantitative estimate of drug-likeness (QED) is 0.802. The maximum atomic E-state index is 3.70. The van der Waals surface area contributed by atoms with E-state index in [9.17, 15) is 0 Å². The van der Waals surface area contributed by atoms with Crippen LogP contribution in [0, 0.1) is 0 Å². The van der Waals surface area contributed by atoms with Crippen molar-refractivity contribution in [1.82, 2.24) is 15.1 Å². The minimum atomic E-state index is 0.802. The molecular formula is C15H29N3. The molecule has 3 aliphatic rings. The fourth-order valence-electron chi connectivity index (χ4n) is 3.73. The Morgan fingerprint density at radius 2 is 1.50 bits per heavy atom. The average molecular weight is 251 g/mol. The van der Waals surface area contributed by atoms with Crippen LogP contribution in [0.1, 0.15) is 45.4 Å². The van der Waals surface area contributed by atoms with Crippen LogP contribution < -0.4 is 5.32 Å². The van der Waals surface area contributed by atoms with Crippen molar-refractivity contribution in [3.8, 4) is 0 Å². The lowest BCUT2D eigenvalue weighted by Gasteiger charge is -2.38. The molecule has 3 fully saturated rings. The number of hydrogen-bond donors (Lipinski definition) is 1. The molecule has 2 saturated carbocycles. The van der Waals surface area contributed by atoms with Gasteiger partial charge in [-0.2, -0.15) is 0 Å². The average Bonchev–Trinajstić information content (AvgIpc) is 3.16. The standard InChI is InChI=1S/C15H29N3/c1-2-7-16-13-3-4-15(12-13)18-10-8-17(9-11-18)14-5-6-14/h13-16H,2-12H2,1H3. The first-order chi connectivity index (χ1) is 8.86. The van der Waals surface area contributed by atoms with Gasteiger partial charge in [0.2, 0.25) is 0 Å². The predicted molar refractivity (Wildman–Crippen MR) is 75.9 cm³/mol. The Morgan fingerprint density at radius 3 is 2.11 bits per heavy atom. The molecule has 1 N–H and O–H groups in total. The summed E-state index contributed by atoms with van der Waals surface area (Å²) in [5.74, 6) is 0. The highest BCUT2D eigenvalue weighted by molar-refractivity contribution is 4.92. The monoisotopic (exact) mass is 251 g/mol. The van der Waals surface area contributed by atoms with Crippen LogP contribution in [-0.2, 0) is 0 Å². The molecule has 3 rings (SSSR count). The van der Waals surface area contributed by atoms with Crippen LogP contribution >= 0.6 is 0 Å². The second kappa shape index (κ2) is 5.89. The van der Waals surface area contributed by atoms with E-state index in [0.29, 0.717) is 0 Å². The van der Waals surface area contributed by atoms with Gasteiger partial charge >= 0.3 is 0 Å². The van der Waals surface area contributed by atoms with Crippen LogP contribution in [0.15, 0.2) is 0 Å². The molecule has 0 aromatic carbocycles. The molecule has 0 spiro atoms. The van der Waals surface area contributed by atoms with Gasteiger partial charge in [0.05, 0.1) is 0 Å². The minimum absolute atomic E-state index is 0.802. The van der Waals surface area contributed by atoms with Gasteiger partial charge in [-0.25, -0.2) is 0 Å². The van der Waals surface area contributed by atoms with Gasteiger partial charge in [-0.15, -0.1) is 0 Å². The molecule has 0 bridgehead atoms. The first-order valence-electron chi connectivity index (χ1n) is 8.08. The Morgan fingerprint density at radius 1 is 0.889 bits per heavy atom. The summed E-state index contributed by atoms with van der Waals surface area (Å²) >= 11 is 0. The van der Waals surface area contributed by atoms with Gasteiger partial charge in [-0.1, -0.05) is 6.92 Å². The zero-order valence-corrected chi connectivity index (χ0v) is 11.9. The molecule has 0 amide bonds. The number of piperazine rings is 1. The molecule has 0 aromatic heterocycles. The van der Waals surface area contributed by atoms with Crippen LogP contribution in [0.5, 0.6) is 0 Å². The lowest BCUT2D eigenvalue weighted by molar-refractivity contribution is 0.0924. The van der Waals surface area contributed by atoms with Crippen molar-refractivity contribution in [1.29, 1.82) is 0 Å². The van der Waals surface area contributed by atoms with E-state index in [2.05, 4.69) is 22.0 Å². The van der Waals surface area contributed by atoms with Crippen molar-refractivity contribution in [3.63, 3.8) is 0 Å². The zero-order chi connectivity index (χ0) is 12.4. The van der Waals surface area contributed by atoms with Crippen molar-refractivity contribution in [3.05, 3.63) is 0 Å². The van der Waals surface area contributed by atoms with Crippen LogP contribution in [0.2, 0.25) is 0 Å². The van der Waals surface area contributed by atoms with E-state index < -0.39 is 0 Å². The Balaban J connectivity index is 1.40. The van der Waals surface area contributed by atoms with Gasteiger partial charge < -0.3 is 5.32 Å². The van der Waals surface area contributed by atoms with Crippen LogP contribution in [0.3, 0.4) is 0 Å². The van der Waals surface area contributed by atoms with Gasteiger partial charge in [0.15, 0.2) is 0 Å². The van der Waals surface area contributed by atoms with E-state index in [1.54, 1.807) is 0 Å². The van der Waals surface area contributed by atoms with Crippen molar-refractivity contribution in [2.75, 3.05) is 32.7 Å². The third-order valence-corrected chi connectivity index (χ3v) is 5.02. The highest BCUT2D eigenvalue weighted by Gasteiger charge is 2.34. The van der Waals surface area contributed by atoms with Gasteiger partial charge in [0.25, 0.3) is 0 Å². The summed E-state index contributed by atoms with van der Waals surface area (Å²) in [5, 5.41) is 3.70. The lowest BCUT2D eigenvalue weighted by Crippen LogP contribution is -2.50. The van der Waals surface area contributed by atoms with Gasteiger partial charge in [-0.05, 0) is 45.1 Å². The molecule has 1 saturated heterocycles. The minimum Gasteiger partial charge on any atom is -0.314 e. The molecule has 0 radical (unpaired) electrons. The molecule has 18 heavy (non-hydrogen) atoms. The molecule has 3 nitrogen and oxygen atoms in total. The van der Waals surface area contributed by atoms with Gasteiger partial charge in [-0.3, -0.25) is 9.80 Å². The van der Waals surface area contributed by atoms with Crippen molar-refractivity contribution in [2.45, 2.75) is 63.6 Å². The number of rotatable bonds is 5. The highest BCUT2D eigenvalue weighted by atomic mass is 15.3. The summed E-state index contributed by atoms with van der Waals surface area (Å²) in [6, 6.07) is 2.65. The maximum absolute atomic E-state index is 3.70. The molecule has 3 heteroatoms. The van der Waals surface area contributed by atoms with Crippen molar-refractivity contribution >= 4 is 0 Å². The second-order valence-electron chi connectivity index (χ2n) is 6.42. The first kappa shape index (κ1) is 12.9.